The van der Waals surface area contributed by atoms with Crippen LogP contribution in [0.3, 0.4) is 0 Å². The smallest absolute Gasteiger partial charge is 0.321 e. The molecule has 0 unspecified atom stereocenters. The third-order valence-electron chi connectivity index (χ3n) is 3.97. The van der Waals surface area contributed by atoms with Crippen LogP contribution in [0.1, 0.15) is 26.7 Å². The van der Waals surface area contributed by atoms with Crippen molar-refractivity contribution in [1.82, 2.24) is 15.5 Å². The predicted molar refractivity (Wildman–Crippen MR) is 91.4 cm³/mol. The Labute approximate surface area is 141 Å². The maximum atomic E-state index is 12.9. The van der Waals surface area contributed by atoms with Gasteiger partial charge in [0.15, 0.2) is 0 Å². The molecule has 0 aromatic heterocycles. The highest BCUT2D eigenvalue weighted by atomic mass is 19.1. The van der Waals surface area contributed by atoms with Crippen LogP contribution in [-0.2, 0) is 0 Å². The highest BCUT2D eigenvalue weighted by Gasteiger charge is 2.23. The maximum absolute atomic E-state index is 12.9. The van der Waals surface area contributed by atoms with Crippen molar-refractivity contribution in [1.29, 1.82) is 0 Å². The monoisotopic (exact) mass is 336 g/mol. The lowest BCUT2D eigenvalue weighted by Gasteiger charge is -2.32. The molecule has 3 N–H and O–H groups in total. The number of rotatable bonds is 4. The van der Waals surface area contributed by atoms with Crippen molar-refractivity contribution in [3.63, 3.8) is 0 Å². The van der Waals surface area contributed by atoms with Gasteiger partial charge in [-0.15, -0.1) is 0 Å². The molecule has 7 heteroatoms. The highest BCUT2D eigenvalue weighted by molar-refractivity contribution is 5.89. The Morgan fingerprint density at radius 1 is 1.21 bits per heavy atom. The lowest BCUT2D eigenvalue weighted by molar-refractivity contribution is 0.180. The van der Waals surface area contributed by atoms with Crippen LogP contribution >= 0.6 is 0 Å². The molecule has 0 aliphatic carbocycles. The topological polar surface area (TPSA) is 73.5 Å². The molecule has 0 atom stereocenters. The molecule has 24 heavy (non-hydrogen) atoms. The van der Waals surface area contributed by atoms with E-state index < -0.39 is 0 Å². The normalized spacial score (nSPS) is 15.2. The van der Waals surface area contributed by atoms with E-state index in [-0.39, 0.29) is 23.9 Å². The number of carbonyl (C=O) groups is 2. The summed E-state index contributed by atoms with van der Waals surface area (Å²) in [5.74, 6) is 0.0422. The first-order valence-corrected chi connectivity index (χ1v) is 8.30. The van der Waals surface area contributed by atoms with Gasteiger partial charge in [-0.3, -0.25) is 0 Å². The number of nitrogens with one attached hydrogen (secondary N) is 3. The molecule has 132 valence electrons. The average Bonchev–Trinajstić information content (AvgIpc) is 2.55. The van der Waals surface area contributed by atoms with Crippen molar-refractivity contribution in [2.24, 2.45) is 5.92 Å². The number of piperidine rings is 1. The molecule has 6 nitrogen and oxygen atoms in total. The first-order valence-electron chi connectivity index (χ1n) is 8.30. The molecular weight excluding hydrogens is 311 g/mol. The first kappa shape index (κ1) is 18.0. The Morgan fingerprint density at radius 2 is 1.83 bits per heavy atom. The Kier molecular flexibility index (Phi) is 6.40. The number of amides is 4. The third-order valence-corrected chi connectivity index (χ3v) is 3.97. The molecule has 1 heterocycles. The van der Waals surface area contributed by atoms with Gasteiger partial charge in [0.05, 0.1) is 0 Å². The van der Waals surface area contributed by atoms with Gasteiger partial charge in [-0.05, 0) is 56.9 Å². The quantitative estimate of drug-likeness (QED) is 0.791. The van der Waals surface area contributed by atoms with Crippen LogP contribution < -0.4 is 16.0 Å². The Balaban J connectivity index is 1.71. The van der Waals surface area contributed by atoms with Gasteiger partial charge in [0.2, 0.25) is 0 Å². The Morgan fingerprint density at radius 3 is 2.42 bits per heavy atom. The van der Waals surface area contributed by atoms with Gasteiger partial charge in [-0.25, -0.2) is 14.0 Å². The van der Waals surface area contributed by atoms with Crippen LogP contribution in [0.15, 0.2) is 24.3 Å². The van der Waals surface area contributed by atoms with Crippen LogP contribution in [-0.4, -0.2) is 42.6 Å². The van der Waals surface area contributed by atoms with Crippen molar-refractivity contribution < 1.29 is 14.0 Å². The number of benzene rings is 1. The maximum Gasteiger partial charge on any atom is 0.321 e. The molecule has 1 aromatic carbocycles. The Bertz CT molecular complexity index is 554. The lowest BCUT2D eigenvalue weighted by atomic mass is 9.97. The van der Waals surface area contributed by atoms with E-state index in [0.717, 1.165) is 12.8 Å². The molecule has 1 fully saturated rings. The second-order valence-electron chi connectivity index (χ2n) is 6.38. The van der Waals surface area contributed by atoms with Crippen LogP contribution in [0.2, 0.25) is 0 Å². The zero-order valence-electron chi connectivity index (χ0n) is 14.1. The summed E-state index contributed by atoms with van der Waals surface area (Å²) in [4.78, 5) is 25.5. The summed E-state index contributed by atoms with van der Waals surface area (Å²) < 4.78 is 12.9. The molecule has 0 saturated carbocycles. The van der Waals surface area contributed by atoms with Crippen molar-refractivity contribution in [2.45, 2.75) is 32.7 Å². The number of carbonyl (C=O) groups excluding carboxylic acids is 2. The summed E-state index contributed by atoms with van der Waals surface area (Å²) in [6.07, 6.45) is 1.69. The molecule has 2 rings (SSSR count). The van der Waals surface area contributed by atoms with Gasteiger partial charge in [0.1, 0.15) is 5.82 Å². The minimum Gasteiger partial charge on any atom is -0.338 e. The van der Waals surface area contributed by atoms with Crippen LogP contribution in [0.4, 0.5) is 19.7 Å². The number of halogens is 1. The summed E-state index contributed by atoms with van der Waals surface area (Å²) in [5.41, 5.74) is 0.579. The molecule has 1 aromatic rings. The third kappa shape index (κ3) is 5.72. The van der Waals surface area contributed by atoms with E-state index >= 15 is 0 Å². The van der Waals surface area contributed by atoms with Crippen LogP contribution in [0.25, 0.3) is 0 Å². The minimum absolute atomic E-state index is 0.113. The molecule has 0 radical (unpaired) electrons. The SMILES string of the molecule is CC(C)NC(=O)NCC1CCN(C(=O)Nc2ccc(F)cc2)CC1. The van der Waals surface area contributed by atoms with Crippen LogP contribution in [0.5, 0.6) is 0 Å². The fourth-order valence-corrected chi connectivity index (χ4v) is 2.63. The molecule has 0 spiro atoms. The summed E-state index contributed by atoms with van der Waals surface area (Å²) in [6, 6.07) is 5.49. The summed E-state index contributed by atoms with van der Waals surface area (Å²) >= 11 is 0. The van der Waals surface area contributed by atoms with E-state index in [2.05, 4.69) is 16.0 Å². The van der Waals surface area contributed by atoms with Gasteiger partial charge >= 0.3 is 12.1 Å². The van der Waals surface area contributed by atoms with Gasteiger partial charge in [0, 0.05) is 31.4 Å². The first-order chi connectivity index (χ1) is 11.4. The molecule has 1 saturated heterocycles. The fourth-order valence-electron chi connectivity index (χ4n) is 2.63. The number of urea groups is 2. The van der Waals surface area contributed by atoms with Gasteiger partial charge in [-0.2, -0.15) is 0 Å². The largest absolute Gasteiger partial charge is 0.338 e. The zero-order chi connectivity index (χ0) is 17.5. The van der Waals surface area contributed by atoms with Gasteiger partial charge in [-0.1, -0.05) is 0 Å². The summed E-state index contributed by atoms with van der Waals surface area (Å²) in [7, 11) is 0. The van der Waals surface area contributed by atoms with Crippen molar-refractivity contribution >= 4 is 17.7 Å². The second kappa shape index (κ2) is 8.52. The fraction of sp³-hybridized carbons (Fsp3) is 0.529. The predicted octanol–water partition coefficient (Wildman–Crippen LogP) is 2.78. The number of anilines is 1. The van der Waals surface area contributed by atoms with E-state index in [9.17, 15) is 14.0 Å². The van der Waals surface area contributed by atoms with Crippen molar-refractivity contribution in [2.75, 3.05) is 25.0 Å². The molecule has 0 bridgehead atoms. The number of nitrogens with zero attached hydrogens (tertiary/aromatic N) is 1. The zero-order valence-corrected chi connectivity index (χ0v) is 14.1. The van der Waals surface area contributed by atoms with E-state index in [4.69, 9.17) is 0 Å². The standard InChI is InChI=1S/C17H25FN4O2/c1-12(2)20-16(23)19-11-13-7-9-22(10-8-13)17(24)21-15-5-3-14(18)4-6-15/h3-6,12-13H,7-11H2,1-2H3,(H,21,24)(H2,19,20,23). The molecule has 1 aliphatic heterocycles. The van der Waals surface area contributed by atoms with E-state index in [0.29, 0.717) is 31.2 Å². The Hall–Kier alpha value is -2.31. The van der Waals surface area contributed by atoms with E-state index in [1.807, 2.05) is 13.8 Å². The van der Waals surface area contributed by atoms with E-state index in [1.54, 1.807) is 4.90 Å². The minimum atomic E-state index is -0.331. The average molecular weight is 336 g/mol. The molecule has 1 aliphatic rings. The van der Waals surface area contributed by atoms with Gasteiger partial charge < -0.3 is 20.9 Å². The molecular formula is C17H25FN4O2. The van der Waals surface area contributed by atoms with Crippen LogP contribution in [0, 0.1) is 11.7 Å². The second-order valence-corrected chi connectivity index (χ2v) is 6.38. The van der Waals surface area contributed by atoms with E-state index in [1.165, 1.54) is 24.3 Å². The lowest BCUT2D eigenvalue weighted by Crippen LogP contribution is -2.45. The number of hydrogen-bond donors (Lipinski definition) is 3. The van der Waals surface area contributed by atoms with Crippen molar-refractivity contribution in [3.05, 3.63) is 30.1 Å². The summed E-state index contributed by atoms with van der Waals surface area (Å²) in [6.45, 7) is 5.73. The van der Waals surface area contributed by atoms with Gasteiger partial charge in [0.25, 0.3) is 0 Å². The molecule has 4 amide bonds. The number of hydrogen-bond acceptors (Lipinski definition) is 2. The highest BCUT2D eigenvalue weighted by Crippen LogP contribution is 2.18. The summed E-state index contributed by atoms with van der Waals surface area (Å²) in [5, 5.41) is 8.42. The van der Waals surface area contributed by atoms with Crippen molar-refractivity contribution in [3.8, 4) is 0 Å². The number of likely N-dealkylation sites (tertiary alicyclic amines) is 1.